The quantitative estimate of drug-likeness (QED) is 0.787. The van der Waals surface area contributed by atoms with E-state index in [0.29, 0.717) is 0 Å². The third-order valence-electron chi connectivity index (χ3n) is 2.57. The van der Waals surface area contributed by atoms with Crippen LogP contribution in [0.5, 0.6) is 0 Å². The van der Waals surface area contributed by atoms with Gasteiger partial charge in [-0.15, -0.1) is 0 Å². The van der Waals surface area contributed by atoms with Gasteiger partial charge in [0.2, 0.25) is 5.91 Å². The van der Waals surface area contributed by atoms with Crippen LogP contribution in [0.4, 0.5) is 5.69 Å². The van der Waals surface area contributed by atoms with Gasteiger partial charge in [-0.05, 0) is 19.1 Å². The first-order valence-electron chi connectivity index (χ1n) is 5.09. The lowest BCUT2D eigenvalue weighted by Crippen LogP contribution is -2.36. The topological polar surface area (TPSA) is 61.4 Å². The Morgan fingerprint density at radius 3 is 3.06 bits per heavy atom. The number of rotatable bonds is 3. The lowest BCUT2D eigenvalue weighted by Gasteiger charge is -2.16. The molecule has 0 fully saturated rings. The number of amides is 1. The first-order valence-corrected chi connectivity index (χ1v) is 5.88. The van der Waals surface area contributed by atoms with Crippen LogP contribution < -0.4 is 10.6 Å². The van der Waals surface area contributed by atoms with Crippen LogP contribution in [0, 0.1) is 0 Å². The van der Waals surface area contributed by atoms with E-state index in [4.69, 9.17) is 5.11 Å². The van der Waals surface area contributed by atoms with E-state index in [0.717, 1.165) is 15.7 Å². The number of hydrogen-bond donors (Lipinski definition) is 3. The maximum atomic E-state index is 11.7. The van der Waals surface area contributed by atoms with Crippen LogP contribution in [-0.2, 0) is 4.79 Å². The predicted octanol–water partition coefficient (Wildman–Crippen LogP) is 1.41. The molecule has 1 aromatic carbocycles. The average Bonchev–Trinajstić information content (AvgIpc) is 2.54. The van der Waals surface area contributed by atoms with Gasteiger partial charge >= 0.3 is 0 Å². The molecule has 0 aliphatic carbocycles. The molecule has 2 unspecified atom stereocenters. The van der Waals surface area contributed by atoms with Crippen molar-refractivity contribution in [1.29, 1.82) is 0 Å². The largest absolute Gasteiger partial charge is 0.395 e. The number of benzene rings is 1. The minimum atomic E-state index is -0.370. The molecule has 1 aliphatic heterocycles. The van der Waals surface area contributed by atoms with Crippen molar-refractivity contribution in [3.8, 4) is 0 Å². The Bertz CT molecular complexity index is 422. The van der Waals surface area contributed by atoms with E-state index < -0.39 is 0 Å². The fourth-order valence-electron chi connectivity index (χ4n) is 1.74. The summed E-state index contributed by atoms with van der Waals surface area (Å²) in [6, 6.07) is 5.20. The molecule has 0 aromatic heterocycles. The maximum absolute atomic E-state index is 11.7. The molecule has 5 heteroatoms. The molecule has 1 aliphatic rings. The zero-order valence-electron chi connectivity index (χ0n) is 8.83. The Morgan fingerprint density at radius 1 is 1.62 bits per heavy atom. The fourth-order valence-corrected chi connectivity index (χ4v) is 2.10. The summed E-state index contributed by atoms with van der Waals surface area (Å²) in [6.45, 7) is 1.85. The molecule has 2 atom stereocenters. The van der Waals surface area contributed by atoms with Crippen LogP contribution in [0.1, 0.15) is 18.5 Å². The number of hydrogen-bond acceptors (Lipinski definition) is 3. The number of anilines is 1. The second kappa shape index (κ2) is 4.53. The second-order valence-electron chi connectivity index (χ2n) is 3.90. The van der Waals surface area contributed by atoms with Crippen molar-refractivity contribution in [2.24, 2.45) is 0 Å². The molecule has 3 N–H and O–H groups in total. The molecule has 1 amide bonds. The van der Waals surface area contributed by atoms with Crippen LogP contribution in [0.3, 0.4) is 0 Å². The summed E-state index contributed by atoms with van der Waals surface area (Å²) in [4.78, 5) is 11.7. The van der Waals surface area contributed by atoms with Crippen LogP contribution in [-0.4, -0.2) is 23.7 Å². The molecule has 1 heterocycles. The van der Waals surface area contributed by atoms with Crippen LogP contribution in [0.25, 0.3) is 0 Å². The Labute approximate surface area is 102 Å². The van der Waals surface area contributed by atoms with Crippen LogP contribution in [0.2, 0.25) is 0 Å². The highest BCUT2D eigenvalue weighted by molar-refractivity contribution is 9.10. The van der Waals surface area contributed by atoms with Gasteiger partial charge in [-0.1, -0.05) is 22.0 Å². The molecule has 16 heavy (non-hydrogen) atoms. The fraction of sp³-hybridized carbons (Fsp3) is 0.364. The van der Waals surface area contributed by atoms with Crippen molar-refractivity contribution in [3.05, 3.63) is 28.2 Å². The predicted molar refractivity (Wildman–Crippen MR) is 65.2 cm³/mol. The highest BCUT2D eigenvalue weighted by atomic mass is 79.9. The van der Waals surface area contributed by atoms with E-state index in [1.807, 2.05) is 25.1 Å². The number of aliphatic hydroxyl groups is 1. The first-order chi connectivity index (χ1) is 7.61. The highest BCUT2D eigenvalue weighted by Crippen LogP contribution is 2.33. The van der Waals surface area contributed by atoms with Gasteiger partial charge in [-0.3, -0.25) is 10.1 Å². The summed E-state index contributed by atoms with van der Waals surface area (Å²) in [5, 5.41) is 14.9. The smallest absolute Gasteiger partial charge is 0.246 e. The Balaban J connectivity index is 2.26. The average molecular weight is 285 g/mol. The molecule has 4 nitrogen and oxygen atoms in total. The monoisotopic (exact) mass is 284 g/mol. The van der Waals surface area contributed by atoms with Crippen molar-refractivity contribution in [2.45, 2.75) is 19.0 Å². The maximum Gasteiger partial charge on any atom is 0.246 e. The van der Waals surface area contributed by atoms with Gasteiger partial charge in [-0.2, -0.15) is 0 Å². The van der Waals surface area contributed by atoms with Gasteiger partial charge in [0.05, 0.1) is 6.61 Å². The SMILES string of the molecule is CC(CO)NC1C(=O)Nc2cc(Br)ccc21. The van der Waals surface area contributed by atoms with Crippen molar-refractivity contribution in [2.75, 3.05) is 11.9 Å². The van der Waals surface area contributed by atoms with E-state index in [9.17, 15) is 4.79 Å². The van der Waals surface area contributed by atoms with Crippen molar-refractivity contribution >= 4 is 27.5 Å². The van der Waals surface area contributed by atoms with E-state index in [2.05, 4.69) is 26.6 Å². The summed E-state index contributed by atoms with van der Waals surface area (Å²) in [7, 11) is 0. The molecule has 0 saturated heterocycles. The van der Waals surface area contributed by atoms with Crippen molar-refractivity contribution in [1.82, 2.24) is 5.32 Å². The summed E-state index contributed by atoms with van der Waals surface area (Å²) < 4.78 is 0.933. The van der Waals surface area contributed by atoms with Gasteiger partial charge < -0.3 is 10.4 Å². The summed E-state index contributed by atoms with van der Waals surface area (Å²) in [6.07, 6.45) is 0. The number of nitrogens with one attached hydrogen (secondary N) is 2. The van der Waals surface area contributed by atoms with E-state index >= 15 is 0 Å². The minimum absolute atomic E-state index is 0.00956. The lowest BCUT2D eigenvalue weighted by atomic mass is 10.1. The number of carbonyl (C=O) groups is 1. The van der Waals surface area contributed by atoms with Gasteiger partial charge in [0.25, 0.3) is 0 Å². The molecule has 1 aromatic rings. The van der Waals surface area contributed by atoms with Gasteiger partial charge in [0.1, 0.15) is 6.04 Å². The Kier molecular flexibility index (Phi) is 3.28. The zero-order valence-corrected chi connectivity index (χ0v) is 10.4. The number of aliphatic hydroxyl groups excluding tert-OH is 1. The normalized spacial score (nSPS) is 20.4. The molecule has 0 radical (unpaired) electrons. The van der Waals surface area contributed by atoms with Crippen molar-refractivity contribution in [3.63, 3.8) is 0 Å². The molecule has 0 bridgehead atoms. The molecule has 2 rings (SSSR count). The Morgan fingerprint density at radius 2 is 2.38 bits per heavy atom. The summed E-state index contributed by atoms with van der Waals surface area (Å²) >= 11 is 3.36. The van der Waals surface area contributed by atoms with E-state index in [-0.39, 0.29) is 24.6 Å². The van der Waals surface area contributed by atoms with Crippen LogP contribution >= 0.6 is 15.9 Å². The Hall–Kier alpha value is -0.910. The third kappa shape index (κ3) is 2.11. The van der Waals surface area contributed by atoms with Gasteiger partial charge in [0.15, 0.2) is 0 Å². The highest BCUT2D eigenvalue weighted by Gasteiger charge is 2.31. The standard InChI is InChI=1S/C11H13BrN2O2/c1-6(5-15)13-10-8-3-2-7(12)4-9(8)14-11(10)16/h2-4,6,10,13,15H,5H2,1H3,(H,14,16). The lowest BCUT2D eigenvalue weighted by molar-refractivity contribution is -0.117. The molecule has 86 valence electrons. The number of carbonyl (C=O) groups excluding carboxylic acids is 1. The van der Waals surface area contributed by atoms with Crippen LogP contribution in [0.15, 0.2) is 22.7 Å². The number of fused-ring (bicyclic) bond motifs is 1. The van der Waals surface area contributed by atoms with Gasteiger partial charge in [0, 0.05) is 21.8 Å². The number of halogens is 1. The molecule has 0 saturated carbocycles. The second-order valence-corrected chi connectivity index (χ2v) is 4.82. The summed E-state index contributed by atoms with van der Waals surface area (Å²) in [5.41, 5.74) is 1.75. The molecular formula is C11H13BrN2O2. The zero-order chi connectivity index (χ0) is 11.7. The molecule has 0 spiro atoms. The first kappa shape index (κ1) is 11.6. The van der Waals surface area contributed by atoms with E-state index in [1.54, 1.807) is 0 Å². The van der Waals surface area contributed by atoms with Crippen molar-refractivity contribution < 1.29 is 9.90 Å². The summed E-state index contributed by atoms with van der Waals surface area (Å²) in [5.74, 6) is -0.0756. The van der Waals surface area contributed by atoms with E-state index in [1.165, 1.54) is 0 Å². The molecular weight excluding hydrogens is 272 g/mol. The van der Waals surface area contributed by atoms with Gasteiger partial charge in [-0.25, -0.2) is 0 Å². The minimum Gasteiger partial charge on any atom is -0.395 e. The third-order valence-corrected chi connectivity index (χ3v) is 3.06.